The molecule has 0 aromatic rings. The van der Waals surface area contributed by atoms with Crippen LogP contribution in [0.2, 0.25) is 0 Å². The Balaban J connectivity index is 5.57. The van der Waals surface area contributed by atoms with E-state index in [0.717, 1.165) is 64.2 Å². The highest BCUT2D eigenvalue weighted by molar-refractivity contribution is 5.72. The number of carboxylic acid groups (broad SMARTS) is 1. The van der Waals surface area contributed by atoms with Crippen LogP contribution >= 0.6 is 0 Å². The predicted octanol–water partition coefficient (Wildman–Crippen LogP) is 6.62. The molecule has 0 spiro atoms. The van der Waals surface area contributed by atoms with E-state index in [2.05, 4.69) is 6.92 Å². The SMILES string of the molecule is CCCCC[C@H](O)C[C@@H](O)CC(=O)O[C@@H](CCCCC)C[C@@H](O)CC(=O)O[C@H](CCCCC)C[C@H](CC(=O)O[C@@H](CCCCC)C[C@@H](O)CC(=O)O)OC(C)=O. The summed E-state index contributed by atoms with van der Waals surface area (Å²) in [6.45, 7) is 9.31. The van der Waals surface area contributed by atoms with Crippen LogP contribution in [0.4, 0.5) is 0 Å². The van der Waals surface area contributed by atoms with Gasteiger partial charge >= 0.3 is 29.8 Å². The first-order valence-electron chi connectivity index (χ1n) is 21.3. The minimum absolute atomic E-state index is 0.00471. The van der Waals surface area contributed by atoms with E-state index in [-0.39, 0.29) is 38.5 Å². The molecule has 0 saturated carbocycles. The molecule has 14 nitrogen and oxygen atoms in total. The van der Waals surface area contributed by atoms with E-state index in [1.807, 2.05) is 20.8 Å². The summed E-state index contributed by atoms with van der Waals surface area (Å²) in [6, 6.07) is 0. The molecule has 0 rings (SSSR count). The minimum Gasteiger partial charge on any atom is -0.481 e. The molecule has 0 amide bonds. The van der Waals surface area contributed by atoms with Crippen molar-refractivity contribution in [1.29, 1.82) is 0 Å². The molecule has 0 bridgehead atoms. The van der Waals surface area contributed by atoms with Gasteiger partial charge in [0, 0.05) is 26.2 Å². The Kier molecular flexibility index (Phi) is 31.5. The minimum atomic E-state index is -1.20. The first kappa shape index (κ1) is 53.2. The number of carbonyl (C=O) groups excluding carboxylic acids is 4. The fraction of sp³-hybridized carbons (Fsp3) is 0.881. The average molecular weight is 805 g/mol. The van der Waals surface area contributed by atoms with Crippen molar-refractivity contribution in [2.45, 2.75) is 238 Å². The van der Waals surface area contributed by atoms with E-state index < -0.39 is 91.5 Å². The lowest BCUT2D eigenvalue weighted by atomic mass is 10.0. The van der Waals surface area contributed by atoms with Gasteiger partial charge in [0.1, 0.15) is 24.4 Å². The fourth-order valence-electron chi connectivity index (χ4n) is 6.63. The molecule has 0 radical (unpaired) electrons. The molecule has 8 atom stereocenters. The topological polar surface area (TPSA) is 223 Å². The highest BCUT2D eigenvalue weighted by Crippen LogP contribution is 2.22. The zero-order valence-corrected chi connectivity index (χ0v) is 35.0. The lowest BCUT2D eigenvalue weighted by Gasteiger charge is -2.26. The van der Waals surface area contributed by atoms with Crippen LogP contribution < -0.4 is 0 Å². The molecule has 5 N–H and O–H groups in total. The summed E-state index contributed by atoms with van der Waals surface area (Å²) in [7, 11) is 0. The van der Waals surface area contributed by atoms with Gasteiger partial charge in [0.05, 0.1) is 50.1 Å². The maximum absolute atomic E-state index is 13.2. The molecule has 0 unspecified atom stereocenters. The average Bonchev–Trinajstić information content (AvgIpc) is 3.07. The molecular weight excluding hydrogens is 728 g/mol. The van der Waals surface area contributed by atoms with Gasteiger partial charge in [0.15, 0.2) is 0 Å². The third kappa shape index (κ3) is 30.3. The van der Waals surface area contributed by atoms with Gasteiger partial charge in [-0.25, -0.2) is 0 Å². The number of aliphatic hydroxyl groups excluding tert-OH is 4. The van der Waals surface area contributed by atoms with Crippen molar-refractivity contribution in [1.82, 2.24) is 0 Å². The second-order valence-corrected chi connectivity index (χ2v) is 15.3. The van der Waals surface area contributed by atoms with Crippen molar-refractivity contribution in [3.05, 3.63) is 0 Å². The third-order valence-corrected chi connectivity index (χ3v) is 9.51. The van der Waals surface area contributed by atoms with E-state index >= 15 is 0 Å². The number of hydrogen-bond donors (Lipinski definition) is 5. The first-order valence-corrected chi connectivity index (χ1v) is 21.3. The Bertz CT molecular complexity index is 1070. The van der Waals surface area contributed by atoms with Crippen molar-refractivity contribution in [3.8, 4) is 0 Å². The third-order valence-electron chi connectivity index (χ3n) is 9.51. The zero-order valence-electron chi connectivity index (χ0n) is 35.0. The summed E-state index contributed by atoms with van der Waals surface area (Å²) in [6.07, 6.45) is 3.15. The lowest BCUT2D eigenvalue weighted by molar-refractivity contribution is -0.161. The Morgan fingerprint density at radius 3 is 1.16 bits per heavy atom. The number of hydrogen-bond acceptors (Lipinski definition) is 13. The van der Waals surface area contributed by atoms with Crippen LogP contribution in [0.15, 0.2) is 0 Å². The summed E-state index contributed by atoms with van der Waals surface area (Å²) in [5.74, 6) is -3.88. The largest absolute Gasteiger partial charge is 0.481 e. The summed E-state index contributed by atoms with van der Waals surface area (Å²) < 4.78 is 22.5. The summed E-state index contributed by atoms with van der Waals surface area (Å²) in [5, 5.41) is 50.8. The molecule has 0 saturated heterocycles. The highest BCUT2D eigenvalue weighted by Gasteiger charge is 2.29. The molecule has 0 aliphatic rings. The number of rotatable bonds is 36. The van der Waals surface area contributed by atoms with Crippen LogP contribution in [0.25, 0.3) is 0 Å². The molecule has 328 valence electrons. The molecular formula is C42H76O14. The Morgan fingerprint density at radius 2 is 0.768 bits per heavy atom. The second kappa shape index (κ2) is 33.2. The molecule has 0 aromatic heterocycles. The molecule has 0 aliphatic heterocycles. The maximum atomic E-state index is 13.2. The van der Waals surface area contributed by atoms with E-state index in [9.17, 15) is 44.4 Å². The van der Waals surface area contributed by atoms with Crippen molar-refractivity contribution in [2.75, 3.05) is 0 Å². The molecule has 14 heteroatoms. The quantitative estimate of drug-likeness (QED) is 0.0255. The summed E-state index contributed by atoms with van der Waals surface area (Å²) in [4.78, 5) is 62.1. The molecule has 0 fully saturated rings. The summed E-state index contributed by atoms with van der Waals surface area (Å²) >= 11 is 0. The van der Waals surface area contributed by atoms with E-state index in [1.54, 1.807) is 0 Å². The smallest absolute Gasteiger partial charge is 0.309 e. The molecule has 0 aliphatic carbocycles. The number of aliphatic hydroxyl groups is 4. The summed E-state index contributed by atoms with van der Waals surface area (Å²) in [5.41, 5.74) is 0. The van der Waals surface area contributed by atoms with Crippen molar-refractivity contribution >= 4 is 29.8 Å². The number of carboxylic acids is 1. The van der Waals surface area contributed by atoms with Gasteiger partial charge in [-0.05, 0) is 51.4 Å². The van der Waals surface area contributed by atoms with Crippen molar-refractivity contribution in [2.24, 2.45) is 0 Å². The van der Waals surface area contributed by atoms with Crippen LogP contribution in [0, 0.1) is 0 Å². The van der Waals surface area contributed by atoms with E-state index in [0.29, 0.717) is 38.5 Å². The zero-order chi connectivity index (χ0) is 42.3. The Hall–Kier alpha value is -2.81. The normalized spacial score (nSPS) is 15.7. The van der Waals surface area contributed by atoms with Gasteiger partial charge < -0.3 is 44.5 Å². The van der Waals surface area contributed by atoms with E-state index in [4.69, 9.17) is 24.1 Å². The maximum Gasteiger partial charge on any atom is 0.309 e. The van der Waals surface area contributed by atoms with Crippen molar-refractivity contribution < 1.29 is 68.5 Å². The number of unbranched alkanes of at least 4 members (excludes halogenated alkanes) is 8. The van der Waals surface area contributed by atoms with Gasteiger partial charge in [0.25, 0.3) is 0 Å². The molecule has 56 heavy (non-hydrogen) atoms. The van der Waals surface area contributed by atoms with Crippen molar-refractivity contribution in [3.63, 3.8) is 0 Å². The number of ether oxygens (including phenoxy) is 4. The van der Waals surface area contributed by atoms with E-state index in [1.165, 1.54) is 6.92 Å². The predicted molar refractivity (Wildman–Crippen MR) is 210 cm³/mol. The van der Waals surface area contributed by atoms with Gasteiger partial charge in [-0.3, -0.25) is 24.0 Å². The van der Waals surface area contributed by atoms with Crippen LogP contribution in [-0.4, -0.2) is 104 Å². The lowest BCUT2D eigenvalue weighted by Crippen LogP contribution is -2.32. The first-order chi connectivity index (χ1) is 26.6. The van der Waals surface area contributed by atoms with Crippen LogP contribution in [-0.2, 0) is 42.9 Å². The standard InChI is InChI=1S/C42H76O14/c1-6-10-14-18-31(44)22-32(45)26-40(50)54-36(20-16-12-8-3)24-34(47)27-41(51)56-37(21-17-13-9-4)28-38(53-30(5)43)29-42(52)55-35(19-15-11-7-2)23-33(46)25-39(48)49/h31-38,44-47H,6-29H2,1-5H3,(H,48,49)/t31-,32+,33+,34+,35-,36-,37+,38+/m0/s1. The van der Waals surface area contributed by atoms with Gasteiger partial charge in [-0.2, -0.15) is 0 Å². The van der Waals surface area contributed by atoms with Gasteiger partial charge in [-0.1, -0.05) is 85.5 Å². The fourth-order valence-corrected chi connectivity index (χ4v) is 6.63. The Morgan fingerprint density at radius 1 is 0.411 bits per heavy atom. The van der Waals surface area contributed by atoms with Gasteiger partial charge in [-0.15, -0.1) is 0 Å². The van der Waals surface area contributed by atoms with Crippen LogP contribution in [0.3, 0.4) is 0 Å². The van der Waals surface area contributed by atoms with Crippen LogP contribution in [0.5, 0.6) is 0 Å². The number of carbonyl (C=O) groups is 5. The Labute approximate surface area is 335 Å². The van der Waals surface area contributed by atoms with Crippen LogP contribution in [0.1, 0.15) is 189 Å². The number of esters is 4. The van der Waals surface area contributed by atoms with Gasteiger partial charge in [0.2, 0.25) is 0 Å². The molecule has 0 heterocycles. The highest BCUT2D eigenvalue weighted by atomic mass is 16.6. The monoisotopic (exact) mass is 805 g/mol. The molecule has 0 aromatic carbocycles. The number of aliphatic carboxylic acids is 1. The second-order valence-electron chi connectivity index (χ2n) is 15.3.